The molecule has 16 heavy (non-hydrogen) atoms. The topological polar surface area (TPSA) is 26.3 Å². The maximum absolute atomic E-state index is 11.3. The zero-order chi connectivity index (χ0) is 12.6. The molecule has 0 bridgehead atoms. The van der Waals surface area contributed by atoms with E-state index in [9.17, 15) is 4.79 Å². The second-order valence-corrected chi connectivity index (χ2v) is 11.6. The lowest BCUT2D eigenvalue weighted by molar-refractivity contribution is -0.124. The van der Waals surface area contributed by atoms with Gasteiger partial charge >= 0.3 is 0 Å². The van der Waals surface area contributed by atoms with Crippen molar-refractivity contribution in [2.45, 2.75) is 77.1 Å². The Labute approximate surface area is 101 Å². The summed E-state index contributed by atoms with van der Waals surface area (Å²) in [5.74, 6) is 0.399. The Morgan fingerprint density at radius 3 is 2.00 bits per heavy atom. The molecule has 1 saturated carbocycles. The zero-order valence-corrected chi connectivity index (χ0v) is 12.6. The fraction of sp³-hybridized carbons (Fsp3) is 0.923. The molecule has 1 fully saturated rings. The van der Waals surface area contributed by atoms with Crippen LogP contribution in [0.2, 0.25) is 18.1 Å². The number of carbonyl (C=O) groups is 1. The maximum Gasteiger partial charge on any atom is 0.192 e. The molecule has 1 rings (SSSR count). The highest BCUT2D eigenvalue weighted by molar-refractivity contribution is 6.74. The van der Waals surface area contributed by atoms with Gasteiger partial charge in [0.05, 0.1) is 5.60 Å². The molecule has 1 aliphatic rings. The van der Waals surface area contributed by atoms with E-state index in [1.54, 1.807) is 0 Å². The van der Waals surface area contributed by atoms with E-state index in [1.165, 1.54) is 0 Å². The zero-order valence-electron chi connectivity index (χ0n) is 11.6. The van der Waals surface area contributed by atoms with E-state index in [1.807, 2.05) is 0 Å². The first kappa shape index (κ1) is 13.9. The van der Waals surface area contributed by atoms with Gasteiger partial charge < -0.3 is 4.43 Å². The van der Waals surface area contributed by atoms with Crippen LogP contribution in [0.1, 0.15) is 53.4 Å². The molecule has 0 saturated heterocycles. The van der Waals surface area contributed by atoms with Crippen molar-refractivity contribution in [1.82, 2.24) is 0 Å². The monoisotopic (exact) mass is 242 g/mol. The largest absolute Gasteiger partial charge is 0.412 e. The minimum absolute atomic E-state index is 0.0586. The van der Waals surface area contributed by atoms with Crippen LogP contribution in [0.5, 0.6) is 0 Å². The van der Waals surface area contributed by atoms with Crippen molar-refractivity contribution >= 4 is 14.1 Å². The van der Waals surface area contributed by atoms with E-state index < -0.39 is 8.32 Å². The van der Waals surface area contributed by atoms with Crippen molar-refractivity contribution in [3.63, 3.8) is 0 Å². The Kier molecular flexibility index (Phi) is 3.70. The van der Waals surface area contributed by atoms with Crippen molar-refractivity contribution in [3.8, 4) is 0 Å². The summed E-state index contributed by atoms with van der Waals surface area (Å²) in [6.45, 7) is 13.5. The Morgan fingerprint density at radius 2 is 1.62 bits per heavy atom. The van der Waals surface area contributed by atoms with Crippen LogP contribution in [-0.2, 0) is 9.22 Å². The predicted molar refractivity (Wildman–Crippen MR) is 70.2 cm³/mol. The summed E-state index contributed by atoms with van der Waals surface area (Å²) in [6, 6.07) is 0. The Bertz CT molecular complexity index is 266. The van der Waals surface area contributed by atoms with Crippen LogP contribution in [-0.4, -0.2) is 19.7 Å². The van der Waals surface area contributed by atoms with Crippen LogP contribution >= 0.6 is 0 Å². The molecule has 0 amide bonds. The number of rotatable bonds is 2. The van der Waals surface area contributed by atoms with Gasteiger partial charge in [-0.3, -0.25) is 4.79 Å². The molecule has 0 aromatic rings. The molecule has 0 aromatic carbocycles. The lowest BCUT2D eigenvalue weighted by atomic mass is 9.86. The van der Waals surface area contributed by atoms with E-state index in [0.717, 1.165) is 12.8 Å². The van der Waals surface area contributed by atoms with Crippen molar-refractivity contribution < 1.29 is 9.22 Å². The van der Waals surface area contributed by atoms with E-state index in [4.69, 9.17) is 4.43 Å². The maximum atomic E-state index is 11.3. The summed E-state index contributed by atoms with van der Waals surface area (Å²) in [7, 11) is -1.70. The summed E-state index contributed by atoms with van der Waals surface area (Å²) in [6.07, 6.45) is 3.20. The summed E-state index contributed by atoms with van der Waals surface area (Å²) in [5, 5.41) is 0.247. The van der Waals surface area contributed by atoms with Gasteiger partial charge in [-0.25, -0.2) is 0 Å². The summed E-state index contributed by atoms with van der Waals surface area (Å²) in [4.78, 5) is 11.3. The third-order valence-corrected chi connectivity index (χ3v) is 8.79. The number of hydrogen-bond donors (Lipinski definition) is 0. The second-order valence-electron chi connectivity index (χ2n) is 6.85. The van der Waals surface area contributed by atoms with E-state index >= 15 is 0 Å². The Hall–Kier alpha value is -0.153. The van der Waals surface area contributed by atoms with Crippen molar-refractivity contribution in [2.24, 2.45) is 0 Å². The summed E-state index contributed by atoms with van der Waals surface area (Å²) in [5.41, 5.74) is -0.0586. The highest BCUT2D eigenvalue weighted by atomic mass is 28.4. The molecule has 1 aliphatic carbocycles. The van der Waals surface area contributed by atoms with Crippen molar-refractivity contribution in [2.75, 3.05) is 0 Å². The first-order chi connectivity index (χ1) is 7.06. The molecule has 0 radical (unpaired) electrons. The minimum atomic E-state index is -1.70. The third-order valence-electron chi connectivity index (χ3n) is 4.17. The van der Waals surface area contributed by atoms with Crippen LogP contribution in [0.3, 0.4) is 0 Å². The number of hydrogen-bond acceptors (Lipinski definition) is 2. The smallest absolute Gasteiger partial charge is 0.192 e. The van der Waals surface area contributed by atoms with E-state index in [2.05, 4.69) is 40.8 Å². The third kappa shape index (κ3) is 3.17. The molecule has 2 nitrogen and oxygen atoms in total. The first-order valence-corrected chi connectivity index (χ1v) is 9.18. The van der Waals surface area contributed by atoms with Crippen LogP contribution in [0, 0.1) is 0 Å². The van der Waals surface area contributed by atoms with Crippen LogP contribution < -0.4 is 0 Å². The van der Waals surface area contributed by atoms with Gasteiger partial charge in [0.25, 0.3) is 0 Å². The number of Topliss-reactive ketones (excluding diaryl/α,β-unsaturated/α-hetero) is 1. The van der Waals surface area contributed by atoms with E-state index in [0.29, 0.717) is 18.6 Å². The Morgan fingerprint density at radius 1 is 1.19 bits per heavy atom. The van der Waals surface area contributed by atoms with Gasteiger partial charge in [-0.15, -0.1) is 0 Å². The summed E-state index contributed by atoms with van der Waals surface area (Å²) >= 11 is 0. The lowest BCUT2D eigenvalue weighted by Crippen LogP contribution is -2.49. The molecule has 0 N–H and O–H groups in total. The second kappa shape index (κ2) is 4.26. The van der Waals surface area contributed by atoms with Crippen LogP contribution in [0.4, 0.5) is 0 Å². The molecular weight excluding hydrogens is 216 g/mol. The number of ketones is 1. The van der Waals surface area contributed by atoms with Gasteiger partial charge in [0.1, 0.15) is 5.78 Å². The molecule has 0 aliphatic heterocycles. The Balaban J connectivity index is 2.69. The quantitative estimate of drug-likeness (QED) is 0.686. The molecule has 0 atom stereocenters. The van der Waals surface area contributed by atoms with E-state index in [-0.39, 0.29) is 10.6 Å². The fourth-order valence-corrected chi connectivity index (χ4v) is 3.67. The molecule has 0 aromatic heterocycles. The molecular formula is C13H26O2Si. The predicted octanol–water partition coefficient (Wildman–Crippen LogP) is 3.91. The molecule has 0 heterocycles. The van der Waals surface area contributed by atoms with Gasteiger partial charge in [0, 0.05) is 12.8 Å². The molecule has 0 spiro atoms. The highest BCUT2D eigenvalue weighted by Gasteiger charge is 2.43. The van der Waals surface area contributed by atoms with Gasteiger partial charge in [0.2, 0.25) is 0 Å². The van der Waals surface area contributed by atoms with Gasteiger partial charge in [0.15, 0.2) is 8.32 Å². The average molecular weight is 242 g/mol. The normalized spacial score (nSPS) is 22.2. The van der Waals surface area contributed by atoms with Crippen LogP contribution in [0.15, 0.2) is 0 Å². The number of carbonyl (C=O) groups excluding carboxylic acids is 1. The van der Waals surface area contributed by atoms with Gasteiger partial charge in [-0.2, -0.15) is 0 Å². The summed E-state index contributed by atoms with van der Waals surface area (Å²) < 4.78 is 6.47. The van der Waals surface area contributed by atoms with Crippen molar-refractivity contribution in [1.29, 1.82) is 0 Å². The lowest BCUT2D eigenvalue weighted by Gasteiger charge is -2.45. The highest BCUT2D eigenvalue weighted by Crippen LogP contribution is 2.42. The molecule has 0 unspecified atom stereocenters. The average Bonchev–Trinajstić information content (AvgIpc) is 2.08. The fourth-order valence-electron chi connectivity index (χ4n) is 1.93. The standard InChI is InChI=1S/C13H26O2Si/c1-12(2,3)16(5,6)15-13(4)9-7-11(14)8-10-13/h7-10H2,1-6H3. The first-order valence-electron chi connectivity index (χ1n) is 6.28. The van der Waals surface area contributed by atoms with Gasteiger partial charge in [-0.1, -0.05) is 20.8 Å². The van der Waals surface area contributed by atoms with Crippen molar-refractivity contribution in [3.05, 3.63) is 0 Å². The van der Waals surface area contributed by atoms with Gasteiger partial charge in [-0.05, 0) is 37.9 Å². The SMILES string of the molecule is CC1(O[Si](C)(C)C(C)(C)C)CCC(=O)CC1. The minimum Gasteiger partial charge on any atom is -0.412 e. The molecule has 3 heteroatoms. The molecule has 94 valence electrons. The van der Waals surface area contributed by atoms with Crippen LogP contribution in [0.25, 0.3) is 0 Å².